The molecule has 0 fully saturated rings. The Morgan fingerprint density at radius 1 is 1.20 bits per heavy atom. The molecule has 5 nitrogen and oxygen atoms in total. The molecule has 4 aromatic rings. The third kappa shape index (κ3) is 4.92. The number of amides is 1. The number of para-hydroxylation sites is 2. The fourth-order valence-electron chi connectivity index (χ4n) is 2.97. The van der Waals surface area contributed by atoms with E-state index in [1.54, 1.807) is 17.6 Å². The van der Waals surface area contributed by atoms with Crippen molar-refractivity contribution in [3.63, 3.8) is 0 Å². The van der Waals surface area contributed by atoms with Crippen LogP contribution < -0.4 is 5.43 Å². The first-order chi connectivity index (χ1) is 14.6. The van der Waals surface area contributed by atoms with Crippen molar-refractivity contribution in [2.75, 3.05) is 5.75 Å². The van der Waals surface area contributed by atoms with Crippen LogP contribution in [-0.2, 0) is 11.3 Å². The number of rotatable bonds is 7. The van der Waals surface area contributed by atoms with Crippen LogP contribution in [0.3, 0.4) is 0 Å². The van der Waals surface area contributed by atoms with Crippen LogP contribution >= 0.6 is 34.7 Å². The molecule has 8 heteroatoms. The van der Waals surface area contributed by atoms with Crippen molar-refractivity contribution < 1.29 is 4.79 Å². The maximum atomic E-state index is 12.3. The summed E-state index contributed by atoms with van der Waals surface area (Å²) < 4.78 is 2.09. The molecule has 1 amide bonds. The summed E-state index contributed by atoms with van der Waals surface area (Å²) in [4.78, 5) is 19.2. The van der Waals surface area contributed by atoms with Gasteiger partial charge in [0.15, 0.2) is 5.16 Å². The lowest BCUT2D eigenvalue weighted by molar-refractivity contribution is -0.118. The van der Waals surface area contributed by atoms with Crippen molar-refractivity contribution in [3.05, 3.63) is 81.0 Å². The first kappa shape index (κ1) is 20.7. The van der Waals surface area contributed by atoms with E-state index in [0.29, 0.717) is 11.6 Å². The van der Waals surface area contributed by atoms with Gasteiger partial charge in [0.05, 0.1) is 29.5 Å². The van der Waals surface area contributed by atoms with Gasteiger partial charge in [-0.25, -0.2) is 10.4 Å². The second kappa shape index (κ2) is 9.47. The van der Waals surface area contributed by atoms with Crippen LogP contribution in [0.15, 0.2) is 70.9 Å². The third-order valence-electron chi connectivity index (χ3n) is 4.38. The van der Waals surface area contributed by atoms with E-state index in [0.717, 1.165) is 26.6 Å². The van der Waals surface area contributed by atoms with E-state index < -0.39 is 0 Å². The molecule has 0 saturated heterocycles. The molecular formula is C22H19ClN4OS2. The fourth-order valence-corrected chi connectivity index (χ4v) is 4.72. The minimum atomic E-state index is -0.180. The lowest BCUT2D eigenvalue weighted by Crippen LogP contribution is -2.20. The quantitative estimate of drug-likeness (QED) is 0.232. The highest BCUT2D eigenvalue weighted by molar-refractivity contribution is 7.99. The number of hydrogen-bond donors (Lipinski definition) is 1. The number of hydrogen-bond acceptors (Lipinski definition) is 5. The van der Waals surface area contributed by atoms with E-state index in [2.05, 4.69) is 15.1 Å². The average Bonchev–Trinajstić information content (AvgIpc) is 3.31. The van der Waals surface area contributed by atoms with Gasteiger partial charge in [0.25, 0.3) is 5.91 Å². The van der Waals surface area contributed by atoms with Crippen molar-refractivity contribution in [2.45, 2.75) is 18.6 Å². The number of thioether (sulfide) groups is 1. The Kier molecular flexibility index (Phi) is 6.52. The Morgan fingerprint density at radius 2 is 2.00 bits per heavy atom. The summed E-state index contributed by atoms with van der Waals surface area (Å²) in [6.45, 7) is 2.62. The van der Waals surface area contributed by atoms with Gasteiger partial charge >= 0.3 is 0 Å². The van der Waals surface area contributed by atoms with Gasteiger partial charge in [-0.2, -0.15) is 5.10 Å². The van der Waals surface area contributed by atoms with Crippen molar-refractivity contribution in [2.24, 2.45) is 5.10 Å². The highest BCUT2D eigenvalue weighted by Crippen LogP contribution is 2.27. The standard InChI is InChI=1S/C22H19ClN4OS2/c1-15-10-11-17(30-15)12-24-26-21(28)14-29-22-25-19-8-4-5-9-20(19)27(22)13-16-6-2-3-7-18(16)23/h2-12H,13-14H2,1H3,(H,26,28)/b24-12+. The number of carbonyl (C=O) groups excluding carboxylic acids is 1. The number of imidazole rings is 1. The van der Waals surface area contributed by atoms with Crippen LogP contribution in [0.5, 0.6) is 0 Å². The van der Waals surface area contributed by atoms with Gasteiger partial charge in [0, 0.05) is 14.8 Å². The Balaban J connectivity index is 1.47. The van der Waals surface area contributed by atoms with Gasteiger partial charge in [-0.15, -0.1) is 11.3 Å². The lowest BCUT2D eigenvalue weighted by atomic mass is 10.2. The number of fused-ring (bicyclic) bond motifs is 1. The molecule has 0 aliphatic rings. The molecule has 0 spiro atoms. The van der Waals surface area contributed by atoms with Gasteiger partial charge in [-0.1, -0.05) is 53.7 Å². The van der Waals surface area contributed by atoms with Gasteiger partial charge < -0.3 is 4.57 Å². The van der Waals surface area contributed by atoms with E-state index in [1.807, 2.05) is 67.6 Å². The maximum Gasteiger partial charge on any atom is 0.250 e. The molecule has 2 aromatic heterocycles. The number of benzene rings is 2. The minimum absolute atomic E-state index is 0.180. The molecule has 0 bridgehead atoms. The van der Waals surface area contributed by atoms with Crippen molar-refractivity contribution in [1.82, 2.24) is 15.0 Å². The molecule has 0 saturated carbocycles. The molecule has 1 N–H and O–H groups in total. The minimum Gasteiger partial charge on any atom is -0.314 e. The largest absolute Gasteiger partial charge is 0.314 e. The zero-order valence-corrected chi connectivity index (χ0v) is 18.6. The third-order valence-corrected chi connectivity index (χ3v) is 6.66. The molecule has 152 valence electrons. The molecule has 30 heavy (non-hydrogen) atoms. The van der Waals surface area contributed by atoms with Crippen LogP contribution in [0.4, 0.5) is 0 Å². The van der Waals surface area contributed by atoms with Gasteiger partial charge in [0.1, 0.15) is 0 Å². The summed E-state index contributed by atoms with van der Waals surface area (Å²) in [6.07, 6.45) is 1.66. The number of aryl methyl sites for hydroxylation is 1. The van der Waals surface area contributed by atoms with E-state index in [1.165, 1.54) is 16.6 Å². The number of carbonyl (C=O) groups is 1. The summed E-state index contributed by atoms with van der Waals surface area (Å²) in [5.41, 5.74) is 5.48. The van der Waals surface area contributed by atoms with E-state index in [4.69, 9.17) is 16.6 Å². The smallest absolute Gasteiger partial charge is 0.250 e. The second-order valence-electron chi connectivity index (χ2n) is 6.59. The normalized spacial score (nSPS) is 11.4. The summed E-state index contributed by atoms with van der Waals surface area (Å²) in [6, 6.07) is 19.7. The summed E-state index contributed by atoms with van der Waals surface area (Å²) in [5.74, 6) is 0.0352. The molecule has 0 atom stereocenters. The van der Waals surface area contributed by atoms with Crippen molar-refractivity contribution >= 4 is 57.9 Å². The maximum absolute atomic E-state index is 12.3. The van der Waals surface area contributed by atoms with Crippen molar-refractivity contribution in [1.29, 1.82) is 0 Å². The summed E-state index contributed by atoms with van der Waals surface area (Å²) >= 11 is 9.37. The van der Waals surface area contributed by atoms with Crippen molar-refractivity contribution in [3.8, 4) is 0 Å². The zero-order valence-electron chi connectivity index (χ0n) is 16.2. The first-order valence-electron chi connectivity index (χ1n) is 9.30. The second-order valence-corrected chi connectivity index (χ2v) is 9.26. The topological polar surface area (TPSA) is 59.3 Å². The van der Waals surface area contributed by atoms with E-state index in [-0.39, 0.29) is 11.7 Å². The summed E-state index contributed by atoms with van der Waals surface area (Å²) in [7, 11) is 0. The Labute approximate surface area is 187 Å². The lowest BCUT2D eigenvalue weighted by Gasteiger charge is -2.10. The van der Waals surface area contributed by atoms with Crippen LogP contribution in [0.25, 0.3) is 11.0 Å². The van der Waals surface area contributed by atoms with E-state index >= 15 is 0 Å². The van der Waals surface area contributed by atoms with Crippen LogP contribution in [0.2, 0.25) is 5.02 Å². The predicted molar refractivity (Wildman–Crippen MR) is 126 cm³/mol. The summed E-state index contributed by atoms with van der Waals surface area (Å²) in [5, 5.41) is 5.52. The fraction of sp³-hybridized carbons (Fsp3) is 0.136. The van der Waals surface area contributed by atoms with Gasteiger partial charge in [-0.3, -0.25) is 4.79 Å². The number of nitrogens with one attached hydrogen (secondary N) is 1. The van der Waals surface area contributed by atoms with Gasteiger partial charge in [-0.05, 0) is 42.8 Å². The molecule has 2 heterocycles. The van der Waals surface area contributed by atoms with Crippen LogP contribution in [0, 0.1) is 6.92 Å². The monoisotopic (exact) mass is 454 g/mol. The molecule has 0 aliphatic heterocycles. The number of hydrazone groups is 1. The highest BCUT2D eigenvalue weighted by atomic mass is 35.5. The van der Waals surface area contributed by atoms with Crippen LogP contribution in [0.1, 0.15) is 15.3 Å². The Morgan fingerprint density at radius 3 is 2.80 bits per heavy atom. The molecular weight excluding hydrogens is 436 g/mol. The number of halogens is 1. The van der Waals surface area contributed by atoms with Gasteiger partial charge in [0.2, 0.25) is 0 Å². The average molecular weight is 455 g/mol. The molecule has 0 aliphatic carbocycles. The van der Waals surface area contributed by atoms with E-state index in [9.17, 15) is 4.79 Å². The molecule has 0 radical (unpaired) electrons. The number of thiophene rings is 1. The SMILES string of the molecule is Cc1ccc(/C=N/NC(=O)CSc2nc3ccccc3n2Cc2ccccc2Cl)s1. The highest BCUT2D eigenvalue weighted by Gasteiger charge is 2.14. The predicted octanol–water partition coefficient (Wildman–Crippen LogP) is 5.35. The molecule has 2 aromatic carbocycles. The number of nitrogens with zero attached hydrogens (tertiary/aromatic N) is 3. The van der Waals surface area contributed by atoms with Crippen LogP contribution in [-0.4, -0.2) is 27.4 Å². The number of aromatic nitrogens is 2. The zero-order chi connectivity index (χ0) is 20.9. The Hall–Kier alpha value is -2.61. The molecule has 4 rings (SSSR count). The Bertz CT molecular complexity index is 1210. The first-order valence-corrected chi connectivity index (χ1v) is 11.5. The molecule has 0 unspecified atom stereocenters.